The van der Waals surface area contributed by atoms with Crippen molar-refractivity contribution < 1.29 is 24.9 Å². The maximum Gasteiger partial charge on any atom is 0.303 e. The van der Waals surface area contributed by atoms with Crippen molar-refractivity contribution in [3.8, 4) is 16.2 Å². The largest absolute Gasteiger partial charge is 0.491 e. The van der Waals surface area contributed by atoms with Crippen LogP contribution in [0.3, 0.4) is 0 Å². The number of benzene rings is 2. The summed E-state index contributed by atoms with van der Waals surface area (Å²) in [6, 6.07) is 15.3. The Bertz CT molecular complexity index is 1300. The quantitative estimate of drug-likeness (QED) is 0.184. The van der Waals surface area contributed by atoms with Gasteiger partial charge in [-0.25, -0.2) is 0 Å². The molecule has 0 fully saturated rings. The van der Waals surface area contributed by atoms with Crippen molar-refractivity contribution >= 4 is 17.3 Å². The fraction of sp³-hybridized carbons (Fsp3) is 0.500. The Morgan fingerprint density at radius 2 is 1.48 bits per heavy atom. The summed E-state index contributed by atoms with van der Waals surface area (Å²) in [5, 5.41) is 30.0. The number of thiophene rings is 1. The summed E-state index contributed by atoms with van der Waals surface area (Å²) in [6.45, 7) is 14.9. The lowest BCUT2D eigenvalue weighted by Gasteiger charge is -2.34. The Kier molecular flexibility index (Phi) is 10.6. The topological polar surface area (TPSA) is 87.0 Å². The zero-order chi connectivity index (χ0) is 29.7. The summed E-state index contributed by atoms with van der Waals surface area (Å²) in [4.78, 5) is 13.0. The highest BCUT2D eigenvalue weighted by Crippen LogP contribution is 2.44. The first-order valence-corrected chi connectivity index (χ1v) is 15.3. The second-order valence-corrected chi connectivity index (χ2v) is 12.1. The summed E-state index contributed by atoms with van der Waals surface area (Å²) in [5.74, 6) is -0.220. The van der Waals surface area contributed by atoms with E-state index in [9.17, 15) is 15.0 Å². The van der Waals surface area contributed by atoms with Crippen molar-refractivity contribution in [1.82, 2.24) is 0 Å². The van der Waals surface area contributed by atoms with Crippen LogP contribution in [0.5, 0.6) is 5.75 Å². The predicted molar refractivity (Wildman–Crippen MR) is 165 cm³/mol. The van der Waals surface area contributed by atoms with Gasteiger partial charge in [-0.05, 0) is 98.4 Å². The summed E-state index contributed by atoms with van der Waals surface area (Å²) < 4.78 is 5.85. The molecule has 0 aliphatic carbocycles. The van der Waals surface area contributed by atoms with Crippen molar-refractivity contribution in [2.24, 2.45) is 0 Å². The number of carboxylic acid groups (broad SMARTS) is 1. The van der Waals surface area contributed by atoms with Gasteiger partial charge in [-0.2, -0.15) is 0 Å². The van der Waals surface area contributed by atoms with E-state index in [0.29, 0.717) is 18.6 Å². The molecule has 0 radical (unpaired) electrons. The van der Waals surface area contributed by atoms with Crippen LogP contribution in [0.4, 0.5) is 0 Å². The highest BCUT2D eigenvalue weighted by Gasteiger charge is 2.32. The number of rotatable bonds is 14. The van der Waals surface area contributed by atoms with Crippen LogP contribution >= 0.6 is 11.3 Å². The lowest BCUT2D eigenvalue weighted by molar-refractivity contribution is -0.137. The fourth-order valence-electron chi connectivity index (χ4n) is 5.69. The van der Waals surface area contributed by atoms with Crippen molar-refractivity contribution in [2.45, 2.75) is 104 Å². The number of aryl methyl sites for hydroxylation is 3. The van der Waals surface area contributed by atoms with Crippen LogP contribution in [-0.2, 0) is 15.8 Å². The summed E-state index contributed by atoms with van der Waals surface area (Å²) in [7, 11) is 0. The first-order chi connectivity index (χ1) is 18.9. The van der Waals surface area contributed by atoms with E-state index in [1.54, 1.807) is 11.3 Å². The summed E-state index contributed by atoms with van der Waals surface area (Å²) in [6.07, 6.45) is 2.55. The molecule has 0 amide bonds. The SMILES string of the molecule is CCC(O)(CC)c1cc(C)c(-c2ccc(C(CC)(CC)c3ccc(OCC(O)CCC(=O)O)c(C)c3)cc2C)s1. The normalized spacial score (nSPS) is 12.9. The monoisotopic (exact) mass is 566 g/mol. The van der Waals surface area contributed by atoms with Gasteiger partial charge in [0.05, 0.1) is 11.7 Å². The number of ether oxygens (including phenoxy) is 1. The number of hydrogen-bond donors (Lipinski definition) is 3. The van der Waals surface area contributed by atoms with Gasteiger partial charge in [0.25, 0.3) is 0 Å². The van der Waals surface area contributed by atoms with E-state index in [2.05, 4.69) is 64.1 Å². The molecule has 2 aromatic carbocycles. The van der Waals surface area contributed by atoms with Gasteiger partial charge in [-0.15, -0.1) is 11.3 Å². The molecule has 1 atom stereocenters. The van der Waals surface area contributed by atoms with Crippen molar-refractivity contribution in [3.05, 3.63) is 75.2 Å². The third kappa shape index (κ3) is 6.62. The summed E-state index contributed by atoms with van der Waals surface area (Å²) >= 11 is 1.71. The number of carbonyl (C=O) groups is 1. The van der Waals surface area contributed by atoms with Gasteiger partial charge in [-0.1, -0.05) is 58.0 Å². The van der Waals surface area contributed by atoms with Crippen LogP contribution in [-0.4, -0.2) is 34.0 Å². The molecule has 0 saturated heterocycles. The molecule has 6 heteroatoms. The number of aliphatic carboxylic acids is 1. The van der Waals surface area contributed by atoms with E-state index in [1.165, 1.54) is 32.7 Å². The second kappa shape index (κ2) is 13.3. The lowest BCUT2D eigenvalue weighted by Crippen LogP contribution is -2.26. The molecule has 3 rings (SSSR count). The molecule has 40 heavy (non-hydrogen) atoms. The van der Waals surface area contributed by atoms with Crippen LogP contribution in [0.2, 0.25) is 0 Å². The van der Waals surface area contributed by atoms with Gasteiger partial charge < -0.3 is 20.1 Å². The molecule has 1 unspecified atom stereocenters. The van der Waals surface area contributed by atoms with E-state index in [0.717, 1.165) is 23.3 Å². The van der Waals surface area contributed by atoms with Gasteiger partial charge in [-0.3, -0.25) is 4.79 Å². The molecule has 0 aliphatic rings. The third-order valence-corrected chi connectivity index (χ3v) is 10.1. The average molecular weight is 567 g/mol. The molecule has 0 bridgehead atoms. The van der Waals surface area contributed by atoms with Crippen LogP contribution in [0.25, 0.3) is 10.4 Å². The maximum atomic E-state index is 11.1. The molecule has 5 nitrogen and oxygen atoms in total. The maximum absolute atomic E-state index is 11.1. The van der Waals surface area contributed by atoms with Gasteiger partial charge >= 0.3 is 5.97 Å². The van der Waals surface area contributed by atoms with Gasteiger partial charge in [0.2, 0.25) is 0 Å². The summed E-state index contributed by atoms with van der Waals surface area (Å²) in [5.41, 5.74) is 6.21. The average Bonchev–Trinajstić information content (AvgIpc) is 3.33. The smallest absolute Gasteiger partial charge is 0.303 e. The van der Waals surface area contributed by atoms with Crippen LogP contribution in [0.15, 0.2) is 42.5 Å². The number of carboxylic acids is 1. The first kappa shape index (κ1) is 31.9. The molecule has 0 aliphatic heterocycles. The number of aliphatic hydroxyl groups excluding tert-OH is 1. The number of aliphatic hydroxyl groups is 2. The Hall–Kier alpha value is -2.67. The minimum absolute atomic E-state index is 0.0680. The van der Waals surface area contributed by atoms with E-state index < -0.39 is 17.7 Å². The Balaban J connectivity index is 1.91. The molecule has 1 aromatic heterocycles. The molecule has 1 heterocycles. The molecule has 0 saturated carbocycles. The lowest BCUT2D eigenvalue weighted by atomic mass is 9.70. The highest BCUT2D eigenvalue weighted by molar-refractivity contribution is 7.15. The van der Waals surface area contributed by atoms with Crippen molar-refractivity contribution in [3.63, 3.8) is 0 Å². The fourth-order valence-corrected chi connectivity index (χ4v) is 7.19. The minimum atomic E-state index is -0.922. The Labute approximate surface area is 243 Å². The van der Waals surface area contributed by atoms with Gasteiger partial charge in [0.15, 0.2) is 0 Å². The highest BCUT2D eigenvalue weighted by atomic mass is 32.1. The van der Waals surface area contributed by atoms with Crippen LogP contribution in [0, 0.1) is 20.8 Å². The van der Waals surface area contributed by atoms with E-state index in [4.69, 9.17) is 9.84 Å². The second-order valence-electron chi connectivity index (χ2n) is 11.1. The minimum Gasteiger partial charge on any atom is -0.491 e. The van der Waals surface area contributed by atoms with Gasteiger partial charge in [0, 0.05) is 21.6 Å². The number of hydrogen-bond acceptors (Lipinski definition) is 5. The molecule has 218 valence electrons. The Morgan fingerprint density at radius 3 is 2.00 bits per heavy atom. The molecule has 3 N–H and O–H groups in total. The van der Waals surface area contributed by atoms with Crippen LogP contribution in [0.1, 0.15) is 98.9 Å². The molecular formula is C34H46O5S. The molecule has 0 spiro atoms. The Morgan fingerprint density at radius 1 is 0.875 bits per heavy atom. The van der Waals surface area contributed by atoms with E-state index in [1.807, 2.05) is 26.8 Å². The van der Waals surface area contributed by atoms with Gasteiger partial charge in [0.1, 0.15) is 12.4 Å². The third-order valence-electron chi connectivity index (χ3n) is 8.63. The predicted octanol–water partition coefficient (Wildman–Crippen LogP) is 8.06. The first-order valence-electron chi connectivity index (χ1n) is 14.5. The van der Waals surface area contributed by atoms with E-state index in [-0.39, 0.29) is 24.9 Å². The molecular weight excluding hydrogens is 520 g/mol. The van der Waals surface area contributed by atoms with Crippen molar-refractivity contribution in [2.75, 3.05) is 6.61 Å². The van der Waals surface area contributed by atoms with E-state index >= 15 is 0 Å². The standard InChI is InChI=1S/C34H46O5S/c1-8-33(9-2,26-13-16-29(23(6)19-26)39-21-27(35)14-17-31(36)37)25-12-15-28(22(5)18-25)32-24(7)20-30(40-32)34(38,10-3)11-4/h12-13,15-16,18-20,27,35,38H,8-11,14,17,21H2,1-7H3,(H,36,37). The zero-order valence-corrected chi connectivity index (χ0v) is 26.0. The molecule has 3 aromatic rings. The van der Waals surface area contributed by atoms with Crippen molar-refractivity contribution in [1.29, 1.82) is 0 Å². The zero-order valence-electron chi connectivity index (χ0n) is 25.1. The van der Waals surface area contributed by atoms with Crippen LogP contribution < -0.4 is 4.74 Å².